The lowest BCUT2D eigenvalue weighted by Gasteiger charge is -2.01. The molecule has 0 aliphatic carbocycles. The first-order valence-electron chi connectivity index (χ1n) is 5.14. The first kappa shape index (κ1) is 10.5. The number of aromatic nitrogens is 4. The summed E-state index contributed by atoms with van der Waals surface area (Å²) in [7, 11) is 1.82. The molecule has 0 spiro atoms. The van der Waals surface area contributed by atoms with Gasteiger partial charge in [-0.05, 0) is 41.5 Å². The number of hydrogen-bond acceptors (Lipinski definition) is 3. The summed E-state index contributed by atoms with van der Waals surface area (Å²) in [6, 6.07) is 6.36. The van der Waals surface area contributed by atoms with E-state index >= 15 is 0 Å². The molecule has 0 saturated heterocycles. The van der Waals surface area contributed by atoms with Gasteiger partial charge in [-0.3, -0.25) is 0 Å². The zero-order chi connectivity index (χ0) is 11.5. The quantitative estimate of drug-likeness (QED) is 0.768. The molecule has 0 aliphatic rings. The van der Waals surface area contributed by atoms with Gasteiger partial charge in [-0.15, -0.1) is 5.10 Å². The van der Waals surface area contributed by atoms with Gasteiger partial charge in [0.05, 0.1) is 0 Å². The summed E-state index contributed by atoms with van der Waals surface area (Å²) in [5.74, 6) is 0.750. The van der Waals surface area contributed by atoms with E-state index in [0.29, 0.717) is 0 Å². The van der Waals surface area contributed by atoms with Crippen molar-refractivity contribution in [1.82, 2.24) is 20.2 Å². The summed E-state index contributed by atoms with van der Waals surface area (Å²) < 4.78 is 1.64. The van der Waals surface area contributed by atoms with Gasteiger partial charge in [0.1, 0.15) is 0 Å². The van der Waals surface area contributed by atoms with Crippen LogP contribution in [0.4, 0.5) is 0 Å². The van der Waals surface area contributed by atoms with Gasteiger partial charge in [-0.25, -0.2) is 4.68 Å². The zero-order valence-corrected chi connectivity index (χ0v) is 9.68. The highest BCUT2D eigenvalue weighted by atomic mass is 15.5. The Kier molecular flexibility index (Phi) is 2.81. The van der Waals surface area contributed by atoms with Crippen molar-refractivity contribution in [3.8, 4) is 0 Å². The molecule has 4 nitrogen and oxygen atoms in total. The van der Waals surface area contributed by atoms with Crippen LogP contribution in [-0.2, 0) is 7.05 Å². The van der Waals surface area contributed by atoms with E-state index in [4.69, 9.17) is 0 Å². The Labute approximate surface area is 94.6 Å². The fourth-order valence-corrected chi connectivity index (χ4v) is 1.55. The Morgan fingerprint density at radius 3 is 2.62 bits per heavy atom. The van der Waals surface area contributed by atoms with E-state index < -0.39 is 0 Å². The fourth-order valence-electron chi connectivity index (χ4n) is 1.55. The lowest BCUT2D eigenvalue weighted by atomic mass is 10.1. The van der Waals surface area contributed by atoms with Gasteiger partial charge in [0, 0.05) is 7.05 Å². The van der Waals surface area contributed by atoms with Crippen LogP contribution in [-0.4, -0.2) is 20.2 Å². The molecule has 2 rings (SSSR count). The van der Waals surface area contributed by atoms with Gasteiger partial charge >= 0.3 is 0 Å². The number of rotatable bonds is 2. The smallest absolute Gasteiger partial charge is 0.174 e. The summed E-state index contributed by atoms with van der Waals surface area (Å²) in [6.07, 6.45) is 3.94. The lowest BCUT2D eigenvalue weighted by Crippen LogP contribution is -1.93. The summed E-state index contributed by atoms with van der Waals surface area (Å²) in [4.78, 5) is 0. The lowest BCUT2D eigenvalue weighted by molar-refractivity contribution is 0.706. The molecule has 2 aromatic rings. The van der Waals surface area contributed by atoms with Crippen LogP contribution >= 0.6 is 0 Å². The molecule has 0 N–H and O–H groups in total. The highest BCUT2D eigenvalue weighted by Gasteiger charge is 1.97. The molecule has 16 heavy (non-hydrogen) atoms. The molecule has 4 heteroatoms. The van der Waals surface area contributed by atoms with Crippen molar-refractivity contribution < 1.29 is 0 Å². The van der Waals surface area contributed by atoms with Crippen molar-refractivity contribution in [3.63, 3.8) is 0 Å². The maximum atomic E-state index is 3.89. The number of tetrazole rings is 1. The Balaban J connectivity index is 2.27. The second kappa shape index (κ2) is 4.26. The van der Waals surface area contributed by atoms with Gasteiger partial charge < -0.3 is 0 Å². The van der Waals surface area contributed by atoms with E-state index in [1.165, 1.54) is 16.7 Å². The Morgan fingerprint density at radius 1 is 1.19 bits per heavy atom. The van der Waals surface area contributed by atoms with Crippen LogP contribution < -0.4 is 0 Å². The van der Waals surface area contributed by atoms with Crippen LogP contribution in [0.25, 0.3) is 12.2 Å². The third-order valence-corrected chi connectivity index (χ3v) is 2.49. The molecular formula is C12H14N4. The van der Waals surface area contributed by atoms with Gasteiger partial charge in [0.2, 0.25) is 0 Å². The molecule has 0 saturated carbocycles. The third-order valence-electron chi connectivity index (χ3n) is 2.49. The van der Waals surface area contributed by atoms with Crippen LogP contribution in [0.5, 0.6) is 0 Å². The molecule has 1 heterocycles. The fraction of sp³-hybridized carbons (Fsp3) is 0.250. The minimum absolute atomic E-state index is 0.750. The predicted octanol–water partition coefficient (Wildman–Crippen LogP) is 2.00. The monoisotopic (exact) mass is 214 g/mol. The summed E-state index contributed by atoms with van der Waals surface area (Å²) >= 11 is 0. The van der Waals surface area contributed by atoms with Crippen molar-refractivity contribution >= 4 is 12.2 Å². The molecule has 0 unspecified atom stereocenters. The highest BCUT2D eigenvalue weighted by Crippen LogP contribution is 2.13. The minimum Gasteiger partial charge on any atom is -0.229 e. The summed E-state index contributed by atoms with van der Waals surface area (Å²) in [6.45, 7) is 4.19. The van der Waals surface area contributed by atoms with E-state index in [1.807, 2.05) is 19.2 Å². The second-order valence-corrected chi connectivity index (χ2v) is 3.85. The first-order valence-corrected chi connectivity index (χ1v) is 5.14. The maximum Gasteiger partial charge on any atom is 0.174 e. The topological polar surface area (TPSA) is 43.6 Å². The van der Waals surface area contributed by atoms with E-state index in [0.717, 1.165) is 5.82 Å². The van der Waals surface area contributed by atoms with Crippen molar-refractivity contribution in [2.45, 2.75) is 13.8 Å². The highest BCUT2D eigenvalue weighted by molar-refractivity contribution is 5.68. The van der Waals surface area contributed by atoms with Crippen LogP contribution in [0.2, 0.25) is 0 Å². The molecule has 0 bridgehead atoms. The van der Waals surface area contributed by atoms with Gasteiger partial charge in [-0.1, -0.05) is 29.8 Å². The van der Waals surface area contributed by atoms with Crippen molar-refractivity contribution in [3.05, 3.63) is 40.7 Å². The Hall–Kier alpha value is -1.97. The SMILES string of the molecule is Cc1ccc(C=Cc2nnnn2C)c(C)c1. The molecule has 0 fully saturated rings. The van der Waals surface area contributed by atoms with Crippen LogP contribution in [0.3, 0.4) is 0 Å². The van der Waals surface area contributed by atoms with E-state index in [2.05, 4.69) is 47.6 Å². The molecule has 0 aliphatic heterocycles. The van der Waals surface area contributed by atoms with Crippen LogP contribution in [0.1, 0.15) is 22.5 Å². The molecule has 0 amide bonds. The largest absolute Gasteiger partial charge is 0.229 e. The van der Waals surface area contributed by atoms with Crippen molar-refractivity contribution in [2.24, 2.45) is 7.05 Å². The Morgan fingerprint density at radius 2 is 2.00 bits per heavy atom. The molecule has 1 aromatic carbocycles. The minimum atomic E-state index is 0.750. The molecule has 1 aromatic heterocycles. The van der Waals surface area contributed by atoms with Crippen LogP contribution in [0.15, 0.2) is 18.2 Å². The summed E-state index contributed by atoms with van der Waals surface area (Å²) in [5, 5.41) is 11.2. The molecule has 82 valence electrons. The zero-order valence-electron chi connectivity index (χ0n) is 9.68. The van der Waals surface area contributed by atoms with Gasteiger partial charge in [0.15, 0.2) is 5.82 Å². The maximum absolute atomic E-state index is 3.89. The van der Waals surface area contributed by atoms with Crippen molar-refractivity contribution in [1.29, 1.82) is 0 Å². The average Bonchev–Trinajstić information content (AvgIpc) is 2.63. The van der Waals surface area contributed by atoms with Gasteiger partial charge in [0.25, 0.3) is 0 Å². The van der Waals surface area contributed by atoms with Gasteiger partial charge in [-0.2, -0.15) is 0 Å². The number of aryl methyl sites for hydroxylation is 3. The molecule has 0 radical (unpaired) electrons. The Bertz CT molecular complexity index is 526. The average molecular weight is 214 g/mol. The number of benzene rings is 1. The summed E-state index contributed by atoms with van der Waals surface area (Å²) in [5.41, 5.74) is 3.72. The normalized spacial score (nSPS) is 11.2. The van der Waals surface area contributed by atoms with E-state index in [9.17, 15) is 0 Å². The van der Waals surface area contributed by atoms with Crippen molar-refractivity contribution in [2.75, 3.05) is 0 Å². The number of nitrogens with zero attached hydrogens (tertiary/aromatic N) is 4. The predicted molar refractivity (Wildman–Crippen MR) is 63.6 cm³/mol. The second-order valence-electron chi connectivity index (χ2n) is 3.85. The third kappa shape index (κ3) is 2.16. The number of hydrogen-bond donors (Lipinski definition) is 0. The molecule has 0 atom stereocenters. The van der Waals surface area contributed by atoms with E-state index in [-0.39, 0.29) is 0 Å². The van der Waals surface area contributed by atoms with Crippen LogP contribution in [0, 0.1) is 13.8 Å². The van der Waals surface area contributed by atoms with E-state index in [1.54, 1.807) is 4.68 Å². The standard InChI is InChI=1S/C12H14N4/c1-9-4-5-11(10(2)8-9)6-7-12-13-14-15-16(12)3/h4-8H,1-3H3. The first-order chi connectivity index (χ1) is 7.66. The molecular weight excluding hydrogens is 200 g/mol.